The molecule has 5 aromatic rings. The second-order valence-corrected chi connectivity index (χ2v) is 9.15. The lowest BCUT2D eigenvalue weighted by molar-refractivity contribution is -0.112. The molecule has 5 rings (SSSR count). The molecule has 5 aromatic carbocycles. The lowest BCUT2D eigenvalue weighted by Gasteiger charge is -2.15. The molecule has 0 aliphatic heterocycles. The van der Waals surface area contributed by atoms with E-state index in [0.717, 1.165) is 32.7 Å². The zero-order valence-corrected chi connectivity index (χ0v) is 21.9. The molecule has 0 saturated carbocycles. The molecule has 0 atom stereocenters. The van der Waals surface area contributed by atoms with Crippen molar-refractivity contribution in [3.05, 3.63) is 119 Å². The van der Waals surface area contributed by atoms with Gasteiger partial charge in [0.25, 0.3) is 5.91 Å². The van der Waals surface area contributed by atoms with Crippen molar-refractivity contribution in [2.75, 3.05) is 11.9 Å². The minimum Gasteiger partial charge on any atom is -0.494 e. The quantitative estimate of drug-likeness (QED) is 0.170. The maximum absolute atomic E-state index is 13.1. The van der Waals surface area contributed by atoms with Gasteiger partial charge in [-0.2, -0.15) is 5.26 Å². The van der Waals surface area contributed by atoms with E-state index in [1.54, 1.807) is 30.3 Å². The van der Waals surface area contributed by atoms with Crippen LogP contribution in [0.2, 0.25) is 0 Å². The Morgan fingerprint density at radius 1 is 0.846 bits per heavy atom. The second kappa shape index (κ2) is 11.5. The number of anilines is 1. The van der Waals surface area contributed by atoms with Crippen molar-refractivity contribution in [1.29, 1.82) is 5.26 Å². The maximum Gasteiger partial charge on any atom is 0.266 e. The van der Waals surface area contributed by atoms with Gasteiger partial charge in [-0.15, -0.1) is 0 Å². The Hall–Kier alpha value is -5.08. The number of nitrogens with one attached hydrogen (secondary N) is 1. The summed E-state index contributed by atoms with van der Waals surface area (Å²) in [5.74, 6) is 0.818. The molecule has 0 bridgehead atoms. The molecule has 0 aromatic heterocycles. The van der Waals surface area contributed by atoms with Gasteiger partial charge in [0.15, 0.2) is 0 Å². The van der Waals surface area contributed by atoms with Crippen LogP contribution in [0.25, 0.3) is 27.6 Å². The summed E-state index contributed by atoms with van der Waals surface area (Å²) in [7, 11) is 0. The molecule has 0 fully saturated rings. The topological polar surface area (TPSA) is 71.3 Å². The van der Waals surface area contributed by atoms with Gasteiger partial charge in [-0.05, 0) is 77.4 Å². The molecule has 1 amide bonds. The van der Waals surface area contributed by atoms with E-state index in [1.807, 2.05) is 55.5 Å². The minimum atomic E-state index is -0.495. The average Bonchev–Trinajstić information content (AvgIpc) is 2.97. The van der Waals surface area contributed by atoms with Gasteiger partial charge < -0.3 is 14.8 Å². The van der Waals surface area contributed by atoms with Crippen LogP contribution in [-0.2, 0) is 11.4 Å². The Kier molecular flexibility index (Phi) is 7.56. The van der Waals surface area contributed by atoms with Crippen molar-refractivity contribution in [1.82, 2.24) is 0 Å². The molecular formula is C34H28N2O3. The summed E-state index contributed by atoms with van der Waals surface area (Å²) in [5.41, 5.74) is 3.48. The monoisotopic (exact) mass is 512 g/mol. The second-order valence-electron chi connectivity index (χ2n) is 9.15. The average molecular weight is 513 g/mol. The number of nitriles is 1. The van der Waals surface area contributed by atoms with Crippen LogP contribution in [0.1, 0.15) is 23.6 Å². The van der Waals surface area contributed by atoms with Gasteiger partial charge in [0, 0.05) is 16.8 Å². The van der Waals surface area contributed by atoms with Gasteiger partial charge in [-0.25, -0.2) is 0 Å². The number of benzene rings is 5. The Bertz CT molecular complexity index is 1730. The Morgan fingerprint density at radius 3 is 2.23 bits per heavy atom. The zero-order valence-electron chi connectivity index (χ0n) is 21.9. The van der Waals surface area contributed by atoms with Crippen LogP contribution in [0.15, 0.2) is 103 Å². The van der Waals surface area contributed by atoms with Crippen LogP contribution in [-0.4, -0.2) is 12.5 Å². The molecule has 0 radical (unpaired) electrons. The highest BCUT2D eigenvalue weighted by Crippen LogP contribution is 2.32. The molecule has 1 N–H and O–H groups in total. The molecular weight excluding hydrogens is 484 g/mol. The highest BCUT2D eigenvalue weighted by atomic mass is 16.5. The summed E-state index contributed by atoms with van der Waals surface area (Å²) < 4.78 is 11.9. The third kappa shape index (κ3) is 5.61. The SMILES string of the molecule is CCOc1ccc(NC(=O)/C(C#N)=C/c2c(OCc3c(C)ccc4ccccc34)ccc3ccccc23)cc1. The summed E-state index contributed by atoms with van der Waals surface area (Å²) in [6.07, 6.45) is 1.61. The van der Waals surface area contributed by atoms with Gasteiger partial charge in [0.05, 0.1) is 6.61 Å². The first-order chi connectivity index (χ1) is 19.1. The Balaban J connectivity index is 1.49. The van der Waals surface area contributed by atoms with E-state index >= 15 is 0 Å². The fraction of sp³-hybridized carbons (Fsp3) is 0.118. The third-order valence-electron chi connectivity index (χ3n) is 6.65. The maximum atomic E-state index is 13.1. The fourth-order valence-electron chi connectivity index (χ4n) is 4.63. The number of ether oxygens (including phenoxy) is 2. The number of hydrogen-bond acceptors (Lipinski definition) is 4. The van der Waals surface area contributed by atoms with Gasteiger partial charge >= 0.3 is 0 Å². The van der Waals surface area contributed by atoms with Crippen LogP contribution in [0, 0.1) is 18.3 Å². The van der Waals surface area contributed by atoms with Crippen molar-refractivity contribution in [2.45, 2.75) is 20.5 Å². The van der Waals surface area contributed by atoms with Gasteiger partial charge in [-0.1, -0.05) is 66.7 Å². The van der Waals surface area contributed by atoms with Crippen LogP contribution in [0.3, 0.4) is 0 Å². The summed E-state index contributed by atoms with van der Waals surface area (Å²) in [6.45, 7) is 4.90. The molecule has 39 heavy (non-hydrogen) atoms. The van der Waals surface area contributed by atoms with Gasteiger partial charge in [0.2, 0.25) is 0 Å². The number of nitrogens with zero attached hydrogens (tertiary/aromatic N) is 1. The molecule has 0 aliphatic carbocycles. The summed E-state index contributed by atoms with van der Waals surface area (Å²) >= 11 is 0. The van der Waals surface area contributed by atoms with Crippen LogP contribution >= 0.6 is 0 Å². The molecule has 0 spiro atoms. The Labute approximate surface area is 227 Å². The summed E-state index contributed by atoms with van der Waals surface area (Å²) in [6, 6.07) is 33.3. The van der Waals surface area contributed by atoms with Crippen molar-refractivity contribution in [3.8, 4) is 17.6 Å². The van der Waals surface area contributed by atoms with E-state index in [1.165, 1.54) is 0 Å². The highest BCUT2D eigenvalue weighted by molar-refractivity contribution is 6.11. The number of carbonyl (C=O) groups excluding carboxylic acids is 1. The number of fused-ring (bicyclic) bond motifs is 2. The van der Waals surface area contributed by atoms with Gasteiger partial charge in [-0.3, -0.25) is 4.79 Å². The van der Waals surface area contributed by atoms with Crippen molar-refractivity contribution in [3.63, 3.8) is 0 Å². The van der Waals surface area contributed by atoms with E-state index in [0.29, 0.717) is 36.0 Å². The molecule has 0 aliphatic rings. The highest BCUT2D eigenvalue weighted by Gasteiger charge is 2.15. The predicted octanol–water partition coefficient (Wildman–Crippen LogP) is 7.82. The third-order valence-corrected chi connectivity index (χ3v) is 6.65. The van der Waals surface area contributed by atoms with E-state index < -0.39 is 5.91 Å². The van der Waals surface area contributed by atoms with Crippen LogP contribution < -0.4 is 14.8 Å². The van der Waals surface area contributed by atoms with Crippen molar-refractivity contribution in [2.24, 2.45) is 0 Å². The van der Waals surface area contributed by atoms with E-state index in [-0.39, 0.29) is 5.57 Å². The van der Waals surface area contributed by atoms with E-state index in [4.69, 9.17) is 9.47 Å². The zero-order chi connectivity index (χ0) is 27.2. The minimum absolute atomic E-state index is 0.0218. The van der Waals surface area contributed by atoms with Crippen molar-refractivity contribution >= 4 is 39.2 Å². The largest absolute Gasteiger partial charge is 0.494 e. The Morgan fingerprint density at radius 2 is 1.51 bits per heavy atom. The fourth-order valence-corrected chi connectivity index (χ4v) is 4.63. The first kappa shape index (κ1) is 25.6. The lowest BCUT2D eigenvalue weighted by Crippen LogP contribution is -2.13. The standard InChI is InChI=1S/C34H28N2O3/c1-3-38-28-17-15-27(16-18-28)36-34(37)26(21-35)20-31-29-10-6-4-9-25(29)14-19-33(31)39-22-32-23(2)12-13-24-8-5-7-11-30(24)32/h4-20H,3,22H2,1-2H3,(H,36,37)/b26-20+. The van der Waals surface area contributed by atoms with Crippen LogP contribution in [0.4, 0.5) is 5.69 Å². The number of hydrogen-bond donors (Lipinski definition) is 1. The smallest absolute Gasteiger partial charge is 0.266 e. The van der Waals surface area contributed by atoms with E-state index in [2.05, 4.69) is 42.6 Å². The number of carbonyl (C=O) groups is 1. The number of amides is 1. The molecule has 5 nitrogen and oxygen atoms in total. The first-order valence-electron chi connectivity index (χ1n) is 12.8. The molecule has 192 valence electrons. The normalized spacial score (nSPS) is 11.3. The van der Waals surface area contributed by atoms with Crippen LogP contribution in [0.5, 0.6) is 11.5 Å². The molecule has 0 unspecified atom stereocenters. The van der Waals surface area contributed by atoms with E-state index in [9.17, 15) is 10.1 Å². The first-order valence-corrected chi connectivity index (χ1v) is 12.8. The molecule has 5 heteroatoms. The summed E-state index contributed by atoms with van der Waals surface area (Å²) in [5, 5.41) is 16.9. The molecule has 0 saturated heterocycles. The van der Waals surface area contributed by atoms with Crippen molar-refractivity contribution < 1.29 is 14.3 Å². The summed E-state index contributed by atoms with van der Waals surface area (Å²) in [4.78, 5) is 13.1. The molecule has 0 heterocycles. The number of rotatable bonds is 8. The number of aryl methyl sites for hydroxylation is 1. The van der Waals surface area contributed by atoms with Gasteiger partial charge in [0.1, 0.15) is 29.7 Å². The lowest BCUT2D eigenvalue weighted by atomic mass is 9.99. The predicted molar refractivity (Wildman–Crippen MR) is 157 cm³/mol.